The molecule has 0 aliphatic carbocycles. The van der Waals surface area contributed by atoms with Crippen molar-refractivity contribution in [2.75, 3.05) is 6.61 Å². The molecule has 24 heavy (non-hydrogen) atoms. The predicted octanol–water partition coefficient (Wildman–Crippen LogP) is 2.55. The number of carbonyl (C=O) groups excluding carboxylic acids is 3. The number of benzene rings is 1. The van der Waals surface area contributed by atoms with Gasteiger partial charge in [-0.05, 0) is 45.9 Å². The fourth-order valence-electron chi connectivity index (χ4n) is 2.55. The van der Waals surface area contributed by atoms with Gasteiger partial charge >= 0.3 is 11.9 Å². The lowest BCUT2D eigenvalue weighted by atomic mass is 9.82. The topological polar surface area (TPSA) is 81.7 Å². The van der Waals surface area contributed by atoms with Crippen molar-refractivity contribution >= 4 is 33.8 Å². The molecule has 1 aliphatic heterocycles. The van der Waals surface area contributed by atoms with Gasteiger partial charge in [0.2, 0.25) is 5.91 Å². The van der Waals surface area contributed by atoms with E-state index in [4.69, 9.17) is 9.47 Å². The molecule has 2 unspecified atom stereocenters. The number of rotatable bonds is 3. The van der Waals surface area contributed by atoms with Gasteiger partial charge in [0.25, 0.3) is 0 Å². The smallest absolute Gasteiger partial charge is 0.326 e. The zero-order chi connectivity index (χ0) is 18.1. The second kappa shape index (κ2) is 6.93. The van der Waals surface area contributed by atoms with E-state index in [1.165, 1.54) is 0 Å². The maximum Gasteiger partial charge on any atom is 0.326 e. The van der Waals surface area contributed by atoms with Crippen molar-refractivity contribution in [1.29, 1.82) is 0 Å². The summed E-state index contributed by atoms with van der Waals surface area (Å²) < 4.78 is 10.9. The summed E-state index contributed by atoms with van der Waals surface area (Å²) in [5.74, 6) is -4.01. The molecule has 2 rings (SSSR count). The molecule has 1 aliphatic rings. The average Bonchev–Trinajstić information content (AvgIpc) is 2.44. The summed E-state index contributed by atoms with van der Waals surface area (Å²) in [4.78, 5) is 37.4. The van der Waals surface area contributed by atoms with Crippen LogP contribution in [0.5, 0.6) is 5.75 Å². The fourth-order valence-corrected chi connectivity index (χ4v) is 2.93. The van der Waals surface area contributed by atoms with Gasteiger partial charge in [-0.15, -0.1) is 0 Å². The number of nitrogens with one attached hydrogen (secondary N) is 1. The van der Waals surface area contributed by atoms with E-state index in [0.717, 1.165) is 4.47 Å². The molecule has 0 aromatic heterocycles. The molecule has 6 nitrogen and oxygen atoms in total. The van der Waals surface area contributed by atoms with Gasteiger partial charge in [0.15, 0.2) is 5.92 Å². The fraction of sp³-hybridized carbons (Fsp3) is 0.471. The number of amides is 1. The molecule has 0 saturated heterocycles. The van der Waals surface area contributed by atoms with Gasteiger partial charge in [0.1, 0.15) is 5.75 Å². The number of hydrogen-bond donors (Lipinski definition) is 1. The lowest BCUT2D eigenvalue weighted by Gasteiger charge is -2.32. The number of esters is 2. The van der Waals surface area contributed by atoms with E-state index in [9.17, 15) is 14.4 Å². The van der Waals surface area contributed by atoms with Crippen molar-refractivity contribution in [2.45, 2.75) is 39.2 Å². The largest absolute Gasteiger partial charge is 0.465 e. The summed E-state index contributed by atoms with van der Waals surface area (Å²) in [6, 6.07) is 4.98. The van der Waals surface area contributed by atoms with E-state index >= 15 is 0 Å². The molecule has 7 heteroatoms. The lowest BCUT2D eigenvalue weighted by Crippen LogP contribution is -2.49. The van der Waals surface area contributed by atoms with Crippen LogP contribution in [0.3, 0.4) is 0 Å². The molecule has 0 fully saturated rings. The van der Waals surface area contributed by atoms with Gasteiger partial charge in [-0.1, -0.05) is 15.9 Å². The molecule has 1 aromatic carbocycles. The number of ether oxygens (including phenoxy) is 2. The third-order valence-electron chi connectivity index (χ3n) is 3.43. The third-order valence-corrected chi connectivity index (χ3v) is 3.92. The van der Waals surface area contributed by atoms with E-state index in [-0.39, 0.29) is 12.4 Å². The summed E-state index contributed by atoms with van der Waals surface area (Å²) in [6.45, 7) is 7.23. The molecule has 2 atom stereocenters. The highest BCUT2D eigenvalue weighted by atomic mass is 79.9. The summed E-state index contributed by atoms with van der Waals surface area (Å²) in [5.41, 5.74) is -0.0344. The maximum atomic E-state index is 12.8. The molecule has 0 bridgehead atoms. The highest BCUT2D eigenvalue weighted by molar-refractivity contribution is 9.10. The van der Waals surface area contributed by atoms with Crippen LogP contribution < -0.4 is 10.1 Å². The molecule has 1 amide bonds. The highest BCUT2D eigenvalue weighted by Crippen LogP contribution is 2.40. The van der Waals surface area contributed by atoms with Crippen LogP contribution in [0.15, 0.2) is 22.7 Å². The predicted molar refractivity (Wildman–Crippen MR) is 90.5 cm³/mol. The van der Waals surface area contributed by atoms with E-state index < -0.39 is 35.2 Å². The Labute approximate surface area is 149 Å². The number of carbonyl (C=O) groups is 3. The molecule has 0 spiro atoms. The van der Waals surface area contributed by atoms with Gasteiger partial charge < -0.3 is 14.8 Å². The van der Waals surface area contributed by atoms with Gasteiger partial charge in [-0.2, -0.15) is 0 Å². The molecule has 130 valence electrons. The van der Waals surface area contributed by atoms with Gasteiger partial charge in [0.05, 0.1) is 12.5 Å². The zero-order valence-electron chi connectivity index (χ0n) is 14.0. The van der Waals surface area contributed by atoms with Crippen molar-refractivity contribution < 1.29 is 23.9 Å². The molecule has 1 heterocycles. The first-order chi connectivity index (χ1) is 11.1. The van der Waals surface area contributed by atoms with Crippen molar-refractivity contribution in [1.82, 2.24) is 5.32 Å². The van der Waals surface area contributed by atoms with Crippen molar-refractivity contribution in [2.24, 2.45) is 5.92 Å². The molecular weight excluding hydrogens is 378 g/mol. The Balaban J connectivity index is 2.52. The van der Waals surface area contributed by atoms with Crippen LogP contribution in [0.1, 0.15) is 39.2 Å². The number of hydrogen-bond acceptors (Lipinski definition) is 5. The third kappa shape index (κ3) is 3.95. The van der Waals surface area contributed by atoms with E-state index in [2.05, 4.69) is 21.2 Å². The van der Waals surface area contributed by atoms with Gasteiger partial charge in [0, 0.05) is 15.6 Å². The first-order valence-electron chi connectivity index (χ1n) is 7.64. The van der Waals surface area contributed by atoms with Crippen LogP contribution in [0.25, 0.3) is 0 Å². The van der Waals surface area contributed by atoms with Crippen molar-refractivity contribution in [3.8, 4) is 5.75 Å². The normalized spacial score (nSPS) is 20.0. The monoisotopic (exact) mass is 397 g/mol. The van der Waals surface area contributed by atoms with E-state index in [1.807, 2.05) is 20.8 Å². The minimum atomic E-state index is -1.32. The Bertz CT molecular complexity index is 680. The van der Waals surface area contributed by atoms with Crippen LogP contribution in [0, 0.1) is 5.92 Å². The zero-order valence-corrected chi connectivity index (χ0v) is 15.6. The molecule has 1 N–H and O–H groups in total. The average molecular weight is 398 g/mol. The summed E-state index contributed by atoms with van der Waals surface area (Å²) in [5, 5.41) is 2.83. The molecule has 0 saturated carbocycles. The Morgan fingerprint density at radius 2 is 1.96 bits per heavy atom. The van der Waals surface area contributed by atoms with Crippen LogP contribution in [0.2, 0.25) is 0 Å². The lowest BCUT2D eigenvalue weighted by molar-refractivity contribution is -0.161. The van der Waals surface area contributed by atoms with E-state index in [0.29, 0.717) is 5.56 Å². The number of halogens is 1. The SMILES string of the molecule is CCOC(=O)C1C(=O)Oc2ccc(Br)cc2C1C(=O)NC(C)(C)C. The first-order valence-corrected chi connectivity index (χ1v) is 8.43. The minimum Gasteiger partial charge on any atom is -0.465 e. The van der Waals surface area contributed by atoms with Crippen LogP contribution >= 0.6 is 15.9 Å². The van der Waals surface area contributed by atoms with Crippen molar-refractivity contribution in [3.63, 3.8) is 0 Å². The van der Waals surface area contributed by atoms with Gasteiger partial charge in [-0.3, -0.25) is 14.4 Å². The van der Waals surface area contributed by atoms with Crippen LogP contribution in [0.4, 0.5) is 0 Å². The van der Waals surface area contributed by atoms with E-state index in [1.54, 1.807) is 25.1 Å². The van der Waals surface area contributed by atoms with Crippen LogP contribution in [-0.4, -0.2) is 30.0 Å². The van der Waals surface area contributed by atoms with Crippen LogP contribution in [-0.2, 0) is 19.1 Å². The Hall–Kier alpha value is -1.89. The first kappa shape index (κ1) is 18.4. The molecule has 1 aromatic rings. The second-order valence-corrected chi connectivity index (χ2v) is 7.47. The Morgan fingerprint density at radius 1 is 1.29 bits per heavy atom. The maximum absolute atomic E-state index is 12.8. The molecule has 0 radical (unpaired) electrons. The molecular formula is C17H20BrNO5. The Kier molecular flexibility index (Phi) is 5.32. The standard InChI is InChI=1S/C17H20BrNO5/c1-5-23-15(21)13-12(14(20)19-17(2,3)4)10-8-9(18)6-7-11(10)24-16(13)22/h6-8,12-13H,5H2,1-4H3,(H,19,20). The minimum absolute atomic E-state index is 0.113. The quantitative estimate of drug-likeness (QED) is 0.481. The second-order valence-electron chi connectivity index (χ2n) is 6.55. The van der Waals surface area contributed by atoms with Gasteiger partial charge in [-0.25, -0.2) is 0 Å². The number of fused-ring (bicyclic) bond motifs is 1. The summed E-state index contributed by atoms with van der Waals surface area (Å²) >= 11 is 3.34. The summed E-state index contributed by atoms with van der Waals surface area (Å²) in [6.07, 6.45) is 0. The Morgan fingerprint density at radius 3 is 2.54 bits per heavy atom. The highest BCUT2D eigenvalue weighted by Gasteiger charge is 2.48. The summed E-state index contributed by atoms with van der Waals surface area (Å²) in [7, 11) is 0. The van der Waals surface area contributed by atoms with Crippen molar-refractivity contribution in [3.05, 3.63) is 28.2 Å².